The Hall–Kier alpha value is -2.31. The molecule has 1 aromatic heterocycles. The summed E-state index contributed by atoms with van der Waals surface area (Å²) >= 11 is 1.77. The number of para-hydroxylation sites is 1. The molecule has 0 aliphatic carbocycles. The van der Waals surface area contributed by atoms with Gasteiger partial charge in [-0.15, -0.1) is 11.3 Å². The molecule has 4 rings (SSSR count). The number of halogens is 1. The number of nitrogens with one attached hydrogen (secondary N) is 1. The number of likely N-dealkylation sites (tertiary alicyclic amines) is 1. The Kier molecular flexibility index (Phi) is 5.69. The molecule has 0 saturated carbocycles. The lowest BCUT2D eigenvalue weighted by atomic mass is 9.98. The molecule has 0 spiro atoms. The average Bonchev–Trinajstić information content (AvgIpc) is 3.14. The molecular weight excluding hydrogens is 373 g/mol. The summed E-state index contributed by atoms with van der Waals surface area (Å²) in [7, 11) is 1.75. The fraction of sp³-hybridized carbons (Fsp3) is 0.364. The van der Waals surface area contributed by atoms with E-state index in [4.69, 9.17) is 4.98 Å². The first-order valence-corrected chi connectivity index (χ1v) is 10.6. The highest BCUT2D eigenvalue weighted by molar-refractivity contribution is 7.18. The molecular formula is C22H25FN3OS+. The summed E-state index contributed by atoms with van der Waals surface area (Å²) in [6, 6.07) is 14.9. The Bertz CT molecular complexity index is 940. The Morgan fingerprint density at radius 3 is 2.86 bits per heavy atom. The zero-order chi connectivity index (χ0) is 19.5. The molecule has 1 fully saturated rings. The minimum Gasteiger partial charge on any atom is -0.336 e. The molecule has 1 saturated heterocycles. The van der Waals surface area contributed by atoms with E-state index in [1.165, 1.54) is 20.7 Å². The molecule has 2 atom stereocenters. The van der Waals surface area contributed by atoms with Crippen molar-refractivity contribution in [2.75, 3.05) is 26.7 Å². The van der Waals surface area contributed by atoms with E-state index >= 15 is 0 Å². The fourth-order valence-corrected chi connectivity index (χ4v) is 5.01. The number of carbonyl (C=O) groups excluding carboxylic acids is 1. The third-order valence-electron chi connectivity index (χ3n) is 5.47. The summed E-state index contributed by atoms with van der Waals surface area (Å²) in [5.41, 5.74) is 1.62. The van der Waals surface area contributed by atoms with Crippen LogP contribution in [0.4, 0.5) is 4.39 Å². The van der Waals surface area contributed by atoms with Crippen molar-refractivity contribution in [1.29, 1.82) is 0 Å². The van der Waals surface area contributed by atoms with Crippen LogP contribution < -0.4 is 4.90 Å². The highest BCUT2D eigenvalue weighted by Gasteiger charge is 2.29. The molecule has 28 heavy (non-hydrogen) atoms. The monoisotopic (exact) mass is 398 g/mol. The van der Waals surface area contributed by atoms with Crippen LogP contribution in [0, 0.1) is 5.82 Å². The molecule has 0 bridgehead atoms. The van der Waals surface area contributed by atoms with Crippen molar-refractivity contribution in [3.63, 3.8) is 0 Å². The highest BCUT2D eigenvalue weighted by Crippen LogP contribution is 2.30. The number of hydrogen-bond donors (Lipinski definition) is 1. The van der Waals surface area contributed by atoms with E-state index in [0.29, 0.717) is 24.6 Å². The molecule has 6 heteroatoms. The largest absolute Gasteiger partial charge is 0.336 e. The van der Waals surface area contributed by atoms with Gasteiger partial charge in [0.1, 0.15) is 10.8 Å². The van der Waals surface area contributed by atoms with E-state index in [2.05, 4.69) is 12.1 Å². The lowest BCUT2D eigenvalue weighted by Gasteiger charge is -2.29. The van der Waals surface area contributed by atoms with Crippen molar-refractivity contribution in [2.24, 2.45) is 0 Å². The van der Waals surface area contributed by atoms with Crippen LogP contribution in [-0.4, -0.2) is 42.5 Å². The van der Waals surface area contributed by atoms with Gasteiger partial charge in [0.25, 0.3) is 5.91 Å². The van der Waals surface area contributed by atoms with Gasteiger partial charge in [-0.3, -0.25) is 4.79 Å². The van der Waals surface area contributed by atoms with Gasteiger partial charge in [0, 0.05) is 19.2 Å². The molecule has 0 radical (unpaired) electrons. The van der Waals surface area contributed by atoms with Gasteiger partial charge in [-0.25, -0.2) is 9.37 Å². The standard InChI is InChI=1S/C22H24FN3OS/c1-25(13-16-7-2-3-9-18(16)23)21(27)15-26-12-6-8-17(14-26)22-24-19-10-4-5-11-20(19)28-22/h2-5,7,9-11,17H,6,8,12-15H2,1H3/p+1/t17-/m1/s1. The number of piperidine rings is 1. The van der Waals surface area contributed by atoms with Gasteiger partial charge in [0.2, 0.25) is 0 Å². The topological polar surface area (TPSA) is 37.6 Å². The van der Waals surface area contributed by atoms with Crippen LogP contribution in [0.3, 0.4) is 0 Å². The van der Waals surface area contributed by atoms with Crippen LogP contribution in [-0.2, 0) is 11.3 Å². The van der Waals surface area contributed by atoms with Crippen molar-refractivity contribution in [2.45, 2.75) is 25.3 Å². The number of hydrogen-bond acceptors (Lipinski definition) is 3. The van der Waals surface area contributed by atoms with Gasteiger partial charge in [-0.2, -0.15) is 0 Å². The Labute approximate surface area is 168 Å². The maximum atomic E-state index is 13.8. The zero-order valence-corrected chi connectivity index (χ0v) is 16.8. The third kappa shape index (κ3) is 4.23. The van der Waals surface area contributed by atoms with Gasteiger partial charge in [-0.05, 0) is 31.0 Å². The maximum absolute atomic E-state index is 13.8. The van der Waals surface area contributed by atoms with Gasteiger partial charge < -0.3 is 9.80 Å². The normalized spacial score (nSPS) is 19.6. The molecule has 1 unspecified atom stereocenters. The van der Waals surface area contributed by atoms with E-state index < -0.39 is 0 Å². The molecule has 2 heterocycles. The lowest BCUT2D eigenvalue weighted by molar-refractivity contribution is -0.898. The number of likely N-dealkylation sites (N-methyl/N-ethyl adjacent to an activating group) is 1. The predicted molar refractivity (Wildman–Crippen MR) is 110 cm³/mol. The van der Waals surface area contributed by atoms with Crippen LogP contribution in [0.25, 0.3) is 10.2 Å². The Balaban J connectivity index is 1.37. The molecule has 1 N–H and O–H groups in total. The fourth-order valence-electron chi connectivity index (χ4n) is 3.91. The second kappa shape index (κ2) is 8.37. The van der Waals surface area contributed by atoms with Crippen LogP contribution in [0.1, 0.15) is 29.3 Å². The number of thiazole rings is 1. The van der Waals surface area contributed by atoms with Gasteiger partial charge >= 0.3 is 0 Å². The molecule has 3 aromatic rings. The number of aromatic nitrogens is 1. The molecule has 146 valence electrons. The number of nitrogens with zero attached hydrogens (tertiary/aromatic N) is 2. The molecule has 2 aromatic carbocycles. The van der Waals surface area contributed by atoms with Gasteiger partial charge in [0.15, 0.2) is 6.54 Å². The lowest BCUT2D eigenvalue weighted by Crippen LogP contribution is -3.14. The first kappa shape index (κ1) is 19.0. The van der Waals surface area contributed by atoms with Crippen LogP contribution >= 0.6 is 11.3 Å². The average molecular weight is 399 g/mol. The van der Waals surface area contributed by atoms with Gasteiger partial charge in [0.05, 0.1) is 29.2 Å². The van der Waals surface area contributed by atoms with Crippen molar-refractivity contribution in [3.05, 3.63) is 64.9 Å². The van der Waals surface area contributed by atoms with Crippen molar-refractivity contribution < 1.29 is 14.1 Å². The SMILES string of the molecule is CN(Cc1ccccc1F)C(=O)C[NH+]1CCC[C@@H](c2nc3ccccc3s2)C1. The molecule has 1 amide bonds. The third-order valence-corrected chi connectivity index (χ3v) is 6.67. The number of amides is 1. The predicted octanol–water partition coefficient (Wildman–Crippen LogP) is 2.86. The number of fused-ring (bicyclic) bond motifs is 1. The van der Waals surface area contributed by atoms with Gasteiger partial charge in [-0.1, -0.05) is 30.3 Å². The van der Waals surface area contributed by atoms with E-state index in [1.807, 2.05) is 12.1 Å². The molecule has 1 aliphatic rings. The van der Waals surface area contributed by atoms with Crippen LogP contribution in [0.15, 0.2) is 48.5 Å². The van der Waals surface area contributed by atoms with E-state index in [0.717, 1.165) is 31.4 Å². The van der Waals surface area contributed by atoms with E-state index in [1.54, 1.807) is 41.5 Å². The summed E-state index contributed by atoms with van der Waals surface area (Å²) in [5, 5.41) is 1.19. The highest BCUT2D eigenvalue weighted by atomic mass is 32.1. The summed E-state index contributed by atoms with van der Waals surface area (Å²) in [6.45, 7) is 2.69. The summed E-state index contributed by atoms with van der Waals surface area (Å²) in [5.74, 6) is 0.206. The summed E-state index contributed by atoms with van der Waals surface area (Å²) in [6.07, 6.45) is 2.23. The van der Waals surface area contributed by atoms with Crippen LogP contribution in [0.5, 0.6) is 0 Å². The zero-order valence-electron chi connectivity index (χ0n) is 16.0. The Morgan fingerprint density at radius 1 is 1.25 bits per heavy atom. The van der Waals surface area contributed by atoms with E-state index in [-0.39, 0.29) is 11.7 Å². The molecule has 1 aliphatic heterocycles. The number of carbonyl (C=O) groups is 1. The minimum absolute atomic E-state index is 0.0585. The minimum atomic E-state index is -0.261. The maximum Gasteiger partial charge on any atom is 0.277 e. The first-order valence-electron chi connectivity index (χ1n) is 9.76. The number of quaternary nitrogens is 1. The second-order valence-electron chi connectivity index (χ2n) is 7.58. The van der Waals surface area contributed by atoms with Crippen molar-refractivity contribution in [3.8, 4) is 0 Å². The summed E-state index contributed by atoms with van der Waals surface area (Å²) in [4.78, 5) is 20.4. The molecule has 4 nitrogen and oxygen atoms in total. The Morgan fingerprint density at radius 2 is 2.04 bits per heavy atom. The quantitative estimate of drug-likeness (QED) is 0.718. The van der Waals surface area contributed by atoms with Crippen LogP contribution in [0.2, 0.25) is 0 Å². The van der Waals surface area contributed by atoms with Crippen molar-refractivity contribution >= 4 is 27.5 Å². The number of benzene rings is 2. The second-order valence-corrected chi connectivity index (χ2v) is 8.64. The van der Waals surface area contributed by atoms with Crippen molar-refractivity contribution in [1.82, 2.24) is 9.88 Å². The summed E-state index contributed by atoms with van der Waals surface area (Å²) < 4.78 is 15.1. The van der Waals surface area contributed by atoms with E-state index in [9.17, 15) is 9.18 Å². The first-order chi connectivity index (χ1) is 13.6. The smallest absolute Gasteiger partial charge is 0.277 e. The number of rotatable bonds is 5.